The summed E-state index contributed by atoms with van der Waals surface area (Å²) < 4.78 is 0. The molecule has 2 amide bonds. The van der Waals surface area contributed by atoms with Gasteiger partial charge in [-0.25, -0.2) is 4.79 Å². The molecule has 0 saturated heterocycles. The molecule has 3 heteroatoms. The Bertz CT molecular complexity index is 549. The molecule has 24 heavy (non-hydrogen) atoms. The lowest BCUT2D eigenvalue weighted by molar-refractivity contribution is 0.227. The number of amides is 2. The Balaban J connectivity index is 2.64. The average Bonchev–Trinajstić information content (AvgIpc) is 2.54. The third kappa shape index (κ3) is 6.38. The Morgan fingerprint density at radius 3 is 2.58 bits per heavy atom. The van der Waals surface area contributed by atoms with Crippen LogP contribution in [0.2, 0.25) is 0 Å². The highest BCUT2D eigenvalue weighted by Crippen LogP contribution is 2.23. The summed E-state index contributed by atoms with van der Waals surface area (Å²) in [5.41, 5.74) is 2.78. The summed E-state index contributed by atoms with van der Waals surface area (Å²) >= 11 is 0. The van der Waals surface area contributed by atoms with Gasteiger partial charge in [-0.15, -0.1) is 0 Å². The van der Waals surface area contributed by atoms with Crippen molar-refractivity contribution in [1.29, 1.82) is 0 Å². The first-order valence-electron chi connectivity index (χ1n) is 9.12. The smallest absolute Gasteiger partial charge is 0.315 e. The van der Waals surface area contributed by atoms with Gasteiger partial charge in [-0.05, 0) is 50.3 Å². The lowest BCUT2D eigenvalue weighted by Crippen LogP contribution is -2.47. The molecule has 0 bridgehead atoms. The fraction of sp³-hybridized carbons (Fsp3) is 0.571. The van der Waals surface area contributed by atoms with Crippen molar-refractivity contribution in [3.05, 3.63) is 42.0 Å². The van der Waals surface area contributed by atoms with Gasteiger partial charge in [0.2, 0.25) is 0 Å². The summed E-state index contributed by atoms with van der Waals surface area (Å²) in [7, 11) is 0. The van der Waals surface area contributed by atoms with Crippen molar-refractivity contribution in [2.75, 3.05) is 6.54 Å². The van der Waals surface area contributed by atoms with Gasteiger partial charge >= 0.3 is 6.03 Å². The van der Waals surface area contributed by atoms with E-state index in [1.54, 1.807) is 0 Å². The van der Waals surface area contributed by atoms with Gasteiger partial charge in [0.15, 0.2) is 0 Å². The van der Waals surface area contributed by atoms with Crippen LogP contribution >= 0.6 is 0 Å². The fourth-order valence-electron chi connectivity index (χ4n) is 2.75. The summed E-state index contributed by atoms with van der Waals surface area (Å²) in [6, 6.07) is 8.09. The lowest BCUT2D eigenvalue weighted by atomic mass is 9.92. The molecule has 0 heterocycles. The summed E-state index contributed by atoms with van der Waals surface area (Å²) in [5.74, 6) is 0.561. The monoisotopic (exact) mass is 330 g/mol. The summed E-state index contributed by atoms with van der Waals surface area (Å²) in [6.45, 7) is 15.2. The van der Waals surface area contributed by atoms with Gasteiger partial charge in [0.25, 0.3) is 0 Å². The van der Waals surface area contributed by atoms with Crippen LogP contribution in [0.25, 0.3) is 5.57 Å². The number of hydrogen-bond acceptors (Lipinski definition) is 1. The molecule has 0 aliphatic rings. The molecule has 134 valence electrons. The van der Waals surface area contributed by atoms with Crippen LogP contribution in [0, 0.1) is 5.92 Å². The largest absolute Gasteiger partial charge is 0.338 e. The number of nitrogens with one attached hydrogen (secondary N) is 2. The van der Waals surface area contributed by atoms with Crippen LogP contribution in [0.3, 0.4) is 0 Å². The highest BCUT2D eigenvalue weighted by Gasteiger charge is 2.23. The van der Waals surface area contributed by atoms with Crippen LogP contribution in [-0.2, 0) is 5.54 Å². The Hall–Kier alpha value is -1.77. The van der Waals surface area contributed by atoms with Crippen molar-refractivity contribution in [1.82, 2.24) is 10.6 Å². The van der Waals surface area contributed by atoms with Crippen molar-refractivity contribution < 1.29 is 4.79 Å². The van der Waals surface area contributed by atoms with Gasteiger partial charge in [0.05, 0.1) is 5.54 Å². The molecule has 0 radical (unpaired) electrons. The molecule has 0 aromatic heterocycles. The number of benzene rings is 1. The SMILES string of the molecule is C=C(C)c1cccc(C(C)(C)NC(=O)NCC(CC)CCCC)c1. The zero-order chi connectivity index (χ0) is 18.2. The second kappa shape index (κ2) is 9.51. The minimum absolute atomic E-state index is 0.101. The molecule has 0 fully saturated rings. The molecule has 1 rings (SSSR count). The predicted octanol–water partition coefficient (Wildman–Crippen LogP) is 5.47. The molecule has 1 aromatic carbocycles. The van der Waals surface area contributed by atoms with Gasteiger partial charge in [0.1, 0.15) is 0 Å². The molecule has 0 aliphatic carbocycles. The first kappa shape index (κ1) is 20.3. The average molecular weight is 331 g/mol. The molecule has 0 spiro atoms. The van der Waals surface area contributed by atoms with Crippen molar-refractivity contribution in [3.8, 4) is 0 Å². The summed E-state index contributed by atoms with van der Waals surface area (Å²) in [4.78, 5) is 12.3. The maximum atomic E-state index is 12.3. The Labute approximate surface area is 147 Å². The van der Waals surface area contributed by atoms with E-state index >= 15 is 0 Å². The maximum Gasteiger partial charge on any atom is 0.315 e. The highest BCUT2D eigenvalue weighted by molar-refractivity contribution is 5.75. The van der Waals surface area contributed by atoms with Crippen molar-refractivity contribution >= 4 is 11.6 Å². The van der Waals surface area contributed by atoms with E-state index in [-0.39, 0.29) is 6.03 Å². The number of allylic oxidation sites excluding steroid dienone is 1. The van der Waals surface area contributed by atoms with E-state index in [0.29, 0.717) is 5.92 Å². The zero-order valence-electron chi connectivity index (χ0n) is 16.0. The highest BCUT2D eigenvalue weighted by atomic mass is 16.2. The van der Waals surface area contributed by atoms with E-state index < -0.39 is 5.54 Å². The van der Waals surface area contributed by atoms with Gasteiger partial charge in [-0.3, -0.25) is 0 Å². The summed E-state index contributed by atoms with van der Waals surface area (Å²) in [5, 5.41) is 6.13. The molecule has 1 aromatic rings. The standard InChI is InChI=1S/C21H34N2O/c1-7-9-11-17(8-2)15-22-20(24)23-21(5,6)19-13-10-12-18(14-19)16(3)4/h10,12-14,17H,3,7-9,11,15H2,1-2,4-6H3,(H2,22,23,24). The van der Waals surface area contributed by atoms with Crippen LogP contribution < -0.4 is 10.6 Å². The first-order valence-corrected chi connectivity index (χ1v) is 9.12. The van der Waals surface area contributed by atoms with Gasteiger partial charge < -0.3 is 10.6 Å². The van der Waals surface area contributed by atoms with Crippen molar-refractivity contribution in [3.63, 3.8) is 0 Å². The normalized spacial score (nSPS) is 12.5. The molecule has 1 atom stereocenters. The Morgan fingerprint density at radius 1 is 1.29 bits per heavy atom. The molecular formula is C21H34N2O. The lowest BCUT2D eigenvalue weighted by Gasteiger charge is -2.28. The van der Waals surface area contributed by atoms with Crippen LogP contribution in [0.1, 0.15) is 71.4 Å². The number of carbonyl (C=O) groups is 1. The zero-order valence-corrected chi connectivity index (χ0v) is 16.0. The number of rotatable bonds is 9. The van der Waals surface area contributed by atoms with E-state index in [0.717, 1.165) is 29.7 Å². The van der Waals surface area contributed by atoms with Crippen LogP contribution in [0.4, 0.5) is 4.79 Å². The molecule has 0 aliphatic heterocycles. The quantitative estimate of drug-likeness (QED) is 0.619. The van der Waals surface area contributed by atoms with Crippen molar-refractivity contribution in [2.24, 2.45) is 5.92 Å². The first-order chi connectivity index (χ1) is 11.3. The number of urea groups is 1. The third-order valence-corrected chi connectivity index (χ3v) is 4.60. The van der Waals surface area contributed by atoms with E-state index in [4.69, 9.17) is 0 Å². The topological polar surface area (TPSA) is 41.1 Å². The molecular weight excluding hydrogens is 296 g/mol. The minimum Gasteiger partial charge on any atom is -0.338 e. The van der Waals surface area contributed by atoms with Gasteiger partial charge in [-0.1, -0.05) is 63.5 Å². The number of carbonyl (C=O) groups excluding carboxylic acids is 1. The molecule has 0 saturated carbocycles. The fourth-order valence-corrected chi connectivity index (χ4v) is 2.75. The predicted molar refractivity (Wildman–Crippen MR) is 104 cm³/mol. The van der Waals surface area contributed by atoms with Crippen LogP contribution in [0.5, 0.6) is 0 Å². The number of unbranched alkanes of at least 4 members (excludes halogenated alkanes) is 1. The molecule has 3 nitrogen and oxygen atoms in total. The van der Waals surface area contributed by atoms with E-state index in [2.05, 4.69) is 37.1 Å². The maximum absolute atomic E-state index is 12.3. The van der Waals surface area contributed by atoms with Crippen molar-refractivity contribution in [2.45, 2.75) is 65.8 Å². The van der Waals surface area contributed by atoms with Crippen LogP contribution in [-0.4, -0.2) is 12.6 Å². The number of hydrogen-bond donors (Lipinski definition) is 2. The van der Waals surface area contributed by atoms with Gasteiger partial charge in [0, 0.05) is 6.54 Å². The molecule has 2 N–H and O–H groups in total. The van der Waals surface area contributed by atoms with Crippen LogP contribution in [0.15, 0.2) is 30.8 Å². The molecule has 1 unspecified atom stereocenters. The van der Waals surface area contributed by atoms with E-state index in [1.807, 2.05) is 39.0 Å². The van der Waals surface area contributed by atoms with E-state index in [9.17, 15) is 4.79 Å². The summed E-state index contributed by atoms with van der Waals surface area (Å²) in [6.07, 6.45) is 4.71. The third-order valence-electron chi connectivity index (χ3n) is 4.60. The second-order valence-electron chi connectivity index (χ2n) is 7.24. The van der Waals surface area contributed by atoms with E-state index in [1.165, 1.54) is 19.3 Å². The minimum atomic E-state index is -0.430. The van der Waals surface area contributed by atoms with Gasteiger partial charge in [-0.2, -0.15) is 0 Å². The second-order valence-corrected chi connectivity index (χ2v) is 7.24. The Morgan fingerprint density at radius 2 is 2.00 bits per heavy atom. The Kier molecular flexibility index (Phi) is 8.03.